The Balaban J connectivity index is 2.39. The van der Waals surface area contributed by atoms with E-state index in [1.165, 1.54) is 23.3 Å². The summed E-state index contributed by atoms with van der Waals surface area (Å²) in [6.07, 6.45) is 3.95. The van der Waals surface area contributed by atoms with E-state index < -0.39 is 11.6 Å². The van der Waals surface area contributed by atoms with Crippen LogP contribution < -0.4 is 0 Å². The van der Waals surface area contributed by atoms with Crippen molar-refractivity contribution in [3.63, 3.8) is 0 Å². The molecule has 0 fully saturated rings. The maximum Gasteiger partial charge on any atom is 0.159 e. The highest BCUT2D eigenvalue weighted by atomic mass is 19.2. The van der Waals surface area contributed by atoms with Crippen LogP contribution in [0, 0.1) is 11.6 Å². The van der Waals surface area contributed by atoms with Gasteiger partial charge >= 0.3 is 0 Å². The zero-order valence-electron chi connectivity index (χ0n) is 9.48. The average molecular weight is 220 g/mol. The molecule has 1 aliphatic carbocycles. The van der Waals surface area contributed by atoms with Crippen LogP contribution in [0.15, 0.2) is 35.4 Å². The standard InChI is InChI=1S/C14H14F2/c1-9-3-4-11(7-10(9)2)12-5-6-13(15)14(16)8-12/h5-8H,3-4H2,1-2H3. The van der Waals surface area contributed by atoms with E-state index in [0.717, 1.165) is 24.0 Å². The van der Waals surface area contributed by atoms with Gasteiger partial charge in [-0.3, -0.25) is 0 Å². The lowest BCUT2D eigenvalue weighted by Gasteiger charge is -2.16. The van der Waals surface area contributed by atoms with E-state index in [1.54, 1.807) is 6.07 Å². The van der Waals surface area contributed by atoms with Gasteiger partial charge in [0.05, 0.1) is 0 Å². The van der Waals surface area contributed by atoms with E-state index in [9.17, 15) is 8.78 Å². The van der Waals surface area contributed by atoms with Crippen LogP contribution in [0.25, 0.3) is 5.57 Å². The monoisotopic (exact) mass is 220 g/mol. The maximum absolute atomic E-state index is 13.1. The Morgan fingerprint density at radius 2 is 1.75 bits per heavy atom. The second kappa shape index (κ2) is 4.20. The quantitative estimate of drug-likeness (QED) is 0.654. The van der Waals surface area contributed by atoms with Crippen LogP contribution in [0.3, 0.4) is 0 Å². The van der Waals surface area contributed by atoms with Crippen LogP contribution in [0.1, 0.15) is 32.3 Å². The van der Waals surface area contributed by atoms with E-state index in [0.29, 0.717) is 0 Å². The van der Waals surface area contributed by atoms with Crippen molar-refractivity contribution >= 4 is 5.57 Å². The fourth-order valence-corrected chi connectivity index (χ4v) is 1.90. The molecule has 0 nitrogen and oxygen atoms in total. The first kappa shape index (κ1) is 11.1. The Hall–Kier alpha value is -1.44. The Morgan fingerprint density at radius 3 is 2.38 bits per heavy atom. The third-order valence-electron chi connectivity index (χ3n) is 3.12. The Labute approximate surface area is 94.3 Å². The first-order chi connectivity index (χ1) is 7.58. The molecule has 1 aromatic carbocycles. The van der Waals surface area contributed by atoms with Crippen molar-refractivity contribution in [2.45, 2.75) is 26.7 Å². The second-order valence-corrected chi connectivity index (χ2v) is 4.26. The van der Waals surface area contributed by atoms with Crippen LogP contribution in [0.2, 0.25) is 0 Å². The van der Waals surface area contributed by atoms with E-state index in [1.807, 2.05) is 6.92 Å². The van der Waals surface area contributed by atoms with Gasteiger partial charge < -0.3 is 0 Å². The van der Waals surface area contributed by atoms with Crippen molar-refractivity contribution in [3.8, 4) is 0 Å². The highest BCUT2D eigenvalue weighted by Crippen LogP contribution is 2.30. The summed E-state index contributed by atoms with van der Waals surface area (Å²) in [5.74, 6) is -1.56. The molecule has 0 aliphatic heterocycles. The Kier molecular flexibility index (Phi) is 2.90. The number of rotatable bonds is 1. The van der Waals surface area contributed by atoms with Gasteiger partial charge in [0.1, 0.15) is 0 Å². The van der Waals surface area contributed by atoms with Gasteiger partial charge in [0.15, 0.2) is 11.6 Å². The predicted octanol–water partition coefficient (Wildman–Crippen LogP) is 4.48. The molecule has 0 N–H and O–H groups in total. The molecule has 0 saturated heterocycles. The lowest BCUT2D eigenvalue weighted by Crippen LogP contribution is -1.96. The Morgan fingerprint density at radius 1 is 1.00 bits per heavy atom. The molecule has 0 amide bonds. The molecule has 0 heterocycles. The number of benzene rings is 1. The first-order valence-corrected chi connectivity index (χ1v) is 5.40. The van der Waals surface area contributed by atoms with E-state index >= 15 is 0 Å². The van der Waals surface area contributed by atoms with Crippen molar-refractivity contribution in [1.82, 2.24) is 0 Å². The molecule has 0 radical (unpaired) electrons. The third kappa shape index (κ3) is 2.06. The summed E-state index contributed by atoms with van der Waals surface area (Å²) in [6, 6.07) is 4.10. The average Bonchev–Trinajstić information content (AvgIpc) is 2.26. The van der Waals surface area contributed by atoms with Crippen molar-refractivity contribution in [2.24, 2.45) is 0 Å². The molecular formula is C14H14F2. The minimum atomic E-state index is -0.788. The molecule has 0 spiro atoms. The van der Waals surface area contributed by atoms with Gasteiger partial charge in [-0.15, -0.1) is 0 Å². The van der Waals surface area contributed by atoms with Crippen molar-refractivity contribution in [3.05, 3.63) is 52.6 Å². The van der Waals surface area contributed by atoms with Crippen LogP contribution in [0.5, 0.6) is 0 Å². The fraction of sp³-hybridized carbons (Fsp3) is 0.286. The van der Waals surface area contributed by atoms with Gasteiger partial charge in [-0.1, -0.05) is 23.3 Å². The molecule has 0 bridgehead atoms. The van der Waals surface area contributed by atoms with E-state index in [4.69, 9.17) is 0 Å². The van der Waals surface area contributed by atoms with Crippen LogP contribution in [-0.4, -0.2) is 0 Å². The molecule has 1 aromatic rings. The molecule has 2 heteroatoms. The van der Waals surface area contributed by atoms with Gasteiger partial charge in [-0.2, -0.15) is 0 Å². The Bertz CT molecular complexity index is 482. The molecule has 84 valence electrons. The largest absolute Gasteiger partial charge is 0.204 e. The number of hydrogen-bond donors (Lipinski definition) is 0. The number of hydrogen-bond acceptors (Lipinski definition) is 0. The highest BCUT2D eigenvalue weighted by molar-refractivity contribution is 5.70. The maximum atomic E-state index is 13.1. The molecule has 0 unspecified atom stereocenters. The lowest BCUT2D eigenvalue weighted by molar-refractivity contribution is 0.508. The minimum Gasteiger partial charge on any atom is -0.204 e. The van der Waals surface area contributed by atoms with Gasteiger partial charge in [0.2, 0.25) is 0 Å². The second-order valence-electron chi connectivity index (χ2n) is 4.26. The van der Waals surface area contributed by atoms with Crippen LogP contribution in [0.4, 0.5) is 8.78 Å². The summed E-state index contributed by atoms with van der Waals surface area (Å²) < 4.78 is 25.9. The first-order valence-electron chi connectivity index (χ1n) is 5.40. The molecular weight excluding hydrogens is 206 g/mol. The van der Waals surface area contributed by atoms with Gasteiger partial charge in [-0.25, -0.2) is 8.78 Å². The molecule has 16 heavy (non-hydrogen) atoms. The number of allylic oxidation sites excluding steroid dienone is 4. The molecule has 2 rings (SSSR count). The summed E-state index contributed by atoms with van der Waals surface area (Å²) in [5.41, 5.74) is 4.46. The summed E-state index contributed by atoms with van der Waals surface area (Å²) in [4.78, 5) is 0. The topological polar surface area (TPSA) is 0 Å². The van der Waals surface area contributed by atoms with Gasteiger partial charge in [0, 0.05) is 0 Å². The zero-order chi connectivity index (χ0) is 11.7. The van der Waals surface area contributed by atoms with Crippen LogP contribution in [-0.2, 0) is 0 Å². The normalized spacial score (nSPS) is 16.4. The zero-order valence-corrected chi connectivity index (χ0v) is 9.48. The van der Waals surface area contributed by atoms with Crippen molar-refractivity contribution in [2.75, 3.05) is 0 Å². The number of halogens is 2. The van der Waals surface area contributed by atoms with Crippen molar-refractivity contribution < 1.29 is 8.78 Å². The lowest BCUT2D eigenvalue weighted by atomic mass is 9.90. The summed E-state index contributed by atoms with van der Waals surface area (Å²) >= 11 is 0. The van der Waals surface area contributed by atoms with Gasteiger partial charge in [0.25, 0.3) is 0 Å². The summed E-state index contributed by atoms with van der Waals surface area (Å²) in [7, 11) is 0. The van der Waals surface area contributed by atoms with Gasteiger partial charge in [-0.05, 0) is 50.0 Å². The highest BCUT2D eigenvalue weighted by Gasteiger charge is 2.11. The summed E-state index contributed by atoms with van der Waals surface area (Å²) in [5, 5.41) is 0. The van der Waals surface area contributed by atoms with Crippen molar-refractivity contribution in [1.29, 1.82) is 0 Å². The molecule has 0 saturated carbocycles. The van der Waals surface area contributed by atoms with Crippen LogP contribution >= 0.6 is 0 Å². The smallest absolute Gasteiger partial charge is 0.159 e. The van der Waals surface area contributed by atoms with E-state index in [2.05, 4.69) is 13.0 Å². The molecule has 0 aromatic heterocycles. The SMILES string of the molecule is CC1=C(C)CCC(c2ccc(F)c(F)c2)=C1. The van der Waals surface area contributed by atoms with E-state index in [-0.39, 0.29) is 0 Å². The third-order valence-corrected chi connectivity index (χ3v) is 3.12. The minimum absolute atomic E-state index is 0.776. The summed E-state index contributed by atoms with van der Waals surface area (Å²) in [6.45, 7) is 4.15. The fourth-order valence-electron chi connectivity index (χ4n) is 1.90. The molecule has 0 atom stereocenters. The predicted molar refractivity (Wildman–Crippen MR) is 61.9 cm³/mol. The molecule has 1 aliphatic rings.